The summed E-state index contributed by atoms with van der Waals surface area (Å²) in [5, 5.41) is 2.89. The molecule has 0 heterocycles. The number of anilines is 2. The van der Waals surface area contributed by atoms with Gasteiger partial charge in [0.1, 0.15) is 5.75 Å². The molecule has 0 aliphatic carbocycles. The topological polar surface area (TPSA) is 64.3 Å². The summed E-state index contributed by atoms with van der Waals surface area (Å²) in [7, 11) is 0. The Morgan fingerprint density at radius 3 is 2.62 bits per heavy atom. The van der Waals surface area contributed by atoms with Gasteiger partial charge in [-0.2, -0.15) is 0 Å². The Balaban J connectivity index is 2.06. The second-order valence-corrected chi connectivity index (χ2v) is 6.03. The van der Waals surface area contributed by atoms with Crippen molar-refractivity contribution >= 4 is 23.4 Å². The first kappa shape index (κ1) is 17.6. The van der Waals surface area contributed by atoms with Crippen molar-refractivity contribution < 1.29 is 9.53 Å². The van der Waals surface area contributed by atoms with Crippen molar-refractivity contribution in [2.24, 2.45) is 0 Å². The number of nitrogens with two attached hydrogens (primary N) is 1. The number of aryl methyl sites for hydroxylation is 1. The van der Waals surface area contributed by atoms with Crippen molar-refractivity contribution in [2.45, 2.75) is 33.8 Å². The molecule has 2 aromatic carbocycles. The third-order valence-corrected chi connectivity index (χ3v) is 3.69. The molecule has 4 nitrogen and oxygen atoms in total. The van der Waals surface area contributed by atoms with Crippen molar-refractivity contribution in [3.8, 4) is 5.75 Å². The molecule has 2 aromatic rings. The first-order chi connectivity index (χ1) is 11.4. The molecule has 0 bridgehead atoms. The summed E-state index contributed by atoms with van der Waals surface area (Å²) >= 11 is 0. The van der Waals surface area contributed by atoms with Gasteiger partial charge in [-0.15, -0.1) is 0 Å². The molecule has 0 saturated carbocycles. The van der Waals surface area contributed by atoms with Crippen LogP contribution in [0.5, 0.6) is 5.75 Å². The second kappa shape index (κ2) is 7.68. The minimum absolute atomic E-state index is 0.0667. The highest BCUT2D eigenvalue weighted by atomic mass is 16.5. The first-order valence-electron chi connectivity index (χ1n) is 7.98. The maximum atomic E-state index is 12.1. The molecule has 0 aliphatic heterocycles. The van der Waals surface area contributed by atoms with Crippen LogP contribution in [0.1, 0.15) is 30.5 Å². The fourth-order valence-corrected chi connectivity index (χ4v) is 2.26. The lowest BCUT2D eigenvalue weighted by atomic mass is 10.1. The predicted molar refractivity (Wildman–Crippen MR) is 100 cm³/mol. The zero-order chi connectivity index (χ0) is 17.7. The van der Waals surface area contributed by atoms with Crippen LogP contribution in [0.4, 0.5) is 11.4 Å². The van der Waals surface area contributed by atoms with E-state index in [0.717, 1.165) is 22.4 Å². The monoisotopic (exact) mass is 324 g/mol. The van der Waals surface area contributed by atoms with Gasteiger partial charge < -0.3 is 15.8 Å². The van der Waals surface area contributed by atoms with Gasteiger partial charge >= 0.3 is 0 Å². The van der Waals surface area contributed by atoms with Crippen LogP contribution in [0.15, 0.2) is 42.5 Å². The Kier molecular flexibility index (Phi) is 5.64. The van der Waals surface area contributed by atoms with Gasteiger partial charge in [0.05, 0.1) is 11.8 Å². The Bertz CT molecular complexity index is 764. The molecule has 0 unspecified atom stereocenters. The van der Waals surface area contributed by atoms with Crippen LogP contribution < -0.4 is 15.8 Å². The molecule has 0 aromatic heterocycles. The van der Waals surface area contributed by atoms with Crippen LogP contribution in [0.25, 0.3) is 6.08 Å². The predicted octanol–water partition coefficient (Wildman–Crippen LogP) is 4.32. The first-order valence-corrected chi connectivity index (χ1v) is 7.98. The fraction of sp³-hybridized carbons (Fsp3) is 0.250. The number of amides is 1. The van der Waals surface area contributed by atoms with E-state index in [9.17, 15) is 4.79 Å². The zero-order valence-corrected chi connectivity index (χ0v) is 14.6. The van der Waals surface area contributed by atoms with E-state index < -0.39 is 0 Å². The van der Waals surface area contributed by atoms with Crippen LogP contribution in [0, 0.1) is 13.8 Å². The Morgan fingerprint density at radius 1 is 1.21 bits per heavy atom. The summed E-state index contributed by atoms with van der Waals surface area (Å²) in [6.07, 6.45) is 3.30. The number of nitrogen functional groups attached to an aromatic ring is 1. The smallest absolute Gasteiger partial charge is 0.248 e. The van der Waals surface area contributed by atoms with Crippen molar-refractivity contribution in [3.05, 3.63) is 59.2 Å². The summed E-state index contributed by atoms with van der Waals surface area (Å²) in [5.41, 5.74) is 10.4. The molecule has 0 fully saturated rings. The molecule has 3 N–H and O–H groups in total. The number of nitrogens with one attached hydrogen (secondary N) is 1. The van der Waals surface area contributed by atoms with Crippen molar-refractivity contribution in [1.82, 2.24) is 0 Å². The number of benzene rings is 2. The standard InChI is InChI=1S/C20H24N2O2/c1-13(2)24-19-10-8-16(12-17(19)21)9-11-20(23)22-18-7-5-6-14(3)15(18)4/h5-13H,21H2,1-4H3,(H,22,23)/b11-9-. The maximum absolute atomic E-state index is 12.1. The largest absolute Gasteiger partial charge is 0.489 e. The van der Waals surface area contributed by atoms with E-state index >= 15 is 0 Å². The van der Waals surface area contributed by atoms with Gasteiger partial charge in [-0.1, -0.05) is 18.2 Å². The molecule has 0 aliphatic rings. The Labute approximate surface area is 143 Å². The minimum Gasteiger partial charge on any atom is -0.489 e. The summed E-state index contributed by atoms with van der Waals surface area (Å²) < 4.78 is 5.60. The maximum Gasteiger partial charge on any atom is 0.248 e. The summed E-state index contributed by atoms with van der Waals surface area (Å²) in [6.45, 7) is 7.91. The number of ether oxygens (including phenoxy) is 1. The zero-order valence-electron chi connectivity index (χ0n) is 14.6. The van der Waals surface area contributed by atoms with Gasteiger partial charge in [0, 0.05) is 11.8 Å². The van der Waals surface area contributed by atoms with E-state index in [-0.39, 0.29) is 12.0 Å². The number of carbonyl (C=O) groups excluding carboxylic acids is 1. The highest BCUT2D eigenvalue weighted by molar-refractivity contribution is 6.02. The highest BCUT2D eigenvalue weighted by Crippen LogP contribution is 2.24. The number of hydrogen-bond donors (Lipinski definition) is 2. The summed E-state index contributed by atoms with van der Waals surface area (Å²) in [5.74, 6) is 0.478. The Morgan fingerprint density at radius 2 is 1.96 bits per heavy atom. The van der Waals surface area contributed by atoms with Gasteiger partial charge in [-0.05, 0) is 68.7 Å². The molecular formula is C20H24N2O2. The third-order valence-electron chi connectivity index (χ3n) is 3.69. The highest BCUT2D eigenvalue weighted by Gasteiger charge is 2.05. The third kappa shape index (κ3) is 4.62. The summed E-state index contributed by atoms with van der Waals surface area (Å²) in [6, 6.07) is 11.3. The molecule has 126 valence electrons. The summed E-state index contributed by atoms with van der Waals surface area (Å²) in [4.78, 5) is 12.1. The molecule has 2 rings (SSSR count). The van der Waals surface area contributed by atoms with Crippen LogP contribution in [0.3, 0.4) is 0 Å². The van der Waals surface area contributed by atoms with E-state index in [1.54, 1.807) is 12.1 Å². The normalized spacial score (nSPS) is 11.0. The van der Waals surface area contributed by atoms with E-state index in [0.29, 0.717) is 11.4 Å². The van der Waals surface area contributed by atoms with E-state index in [1.165, 1.54) is 6.08 Å². The van der Waals surface area contributed by atoms with Gasteiger partial charge in [-0.3, -0.25) is 4.79 Å². The Hall–Kier alpha value is -2.75. The number of rotatable bonds is 5. The molecule has 0 radical (unpaired) electrons. The van der Waals surface area contributed by atoms with E-state index in [4.69, 9.17) is 10.5 Å². The molecule has 1 amide bonds. The van der Waals surface area contributed by atoms with Crippen LogP contribution >= 0.6 is 0 Å². The molecule has 0 saturated heterocycles. The van der Waals surface area contributed by atoms with Crippen LogP contribution in [-0.2, 0) is 4.79 Å². The average molecular weight is 324 g/mol. The van der Waals surface area contributed by atoms with E-state index in [2.05, 4.69) is 5.32 Å². The quantitative estimate of drug-likeness (QED) is 0.636. The fourth-order valence-electron chi connectivity index (χ4n) is 2.26. The molecule has 0 spiro atoms. The lowest BCUT2D eigenvalue weighted by Crippen LogP contribution is -2.09. The van der Waals surface area contributed by atoms with Gasteiger partial charge in [-0.25, -0.2) is 0 Å². The van der Waals surface area contributed by atoms with Gasteiger partial charge in [0.25, 0.3) is 0 Å². The molecule has 24 heavy (non-hydrogen) atoms. The van der Waals surface area contributed by atoms with Crippen LogP contribution in [-0.4, -0.2) is 12.0 Å². The molecular weight excluding hydrogens is 300 g/mol. The number of carbonyl (C=O) groups is 1. The molecule has 4 heteroatoms. The van der Waals surface area contributed by atoms with E-state index in [1.807, 2.05) is 58.0 Å². The SMILES string of the molecule is Cc1cccc(NC(=O)/C=C\c2ccc(OC(C)C)c(N)c2)c1C. The van der Waals surface area contributed by atoms with Crippen LogP contribution in [0.2, 0.25) is 0 Å². The lowest BCUT2D eigenvalue weighted by Gasteiger charge is -2.12. The molecule has 0 atom stereocenters. The van der Waals surface area contributed by atoms with Gasteiger partial charge in [0.15, 0.2) is 0 Å². The van der Waals surface area contributed by atoms with Crippen molar-refractivity contribution in [2.75, 3.05) is 11.1 Å². The lowest BCUT2D eigenvalue weighted by molar-refractivity contribution is -0.111. The average Bonchev–Trinajstić information content (AvgIpc) is 2.52. The minimum atomic E-state index is -0.176. The van der Waals surface area contributed by atoms with Gasteiger partial charge in [0.2, 0.25) is 5.91 Å². The van der Waals surface area contributed by atoms with Crippen molar-refractivity contribution in [3.63, 3.8) is 0 Å². The number of hydrogen-bond acceptors (Lipinski definition) is 3. The van der Waals surface area contributed by atoms with Crippen molar-refractivity contribution in [1.29, 1.82) is 0 Å². The second-order valence-electron chi connectivity index (χ2n) is 6.03.